The summed E-state index contributed by atoms with van der Waals surface area (Å²) in [4.78, 5) is 0. The third-order valence-corrected chi connectivity index (χ3v) is 2.08. The lowest BCUT2D eigenvalue weighted by molar-refractivity contribution is 0.835. The molecule has 0 aliphatic heterocycles. The lowest BCUT2D eigenvalue weighted by Crippen LogP contribution is -1.82. The van der Waals surface area contributed by atoms with Crippen LogP contribution in [-0.2, 0) is 6.42 Å². The summed E-state index contributed by atoms with van der Waals surface area (Å²) in [5.74, 6) is 0. The maximum Gasteiger partial charge on any atom is 0.0271 e. The van der Waals surface area contributed by atoms with E-state index in [0.717, 1.165) is 6.42 Å². The van der Waals surface area contributed by atoms with Crippen molar-refractivity contribution in [1.29, 1.82) is 0 Å². The highest BCUT2D eigenvalue weighted by atomic mass is 79.9. The zero-order valence-corrected chi connectivity index (χ0v) is 8.05. The van der Waals surface area contributed by atoms with E-state index in [4.69, 9.17) is 0 Å². The van der Waals surface area contributed by atoms with Crippen LogP contribution in [-0.4, -0.2) is 0 Å². The molecule has 1 heteroatoms. The summed E-state index contributed by atoms with van der Waals surface area (Å²) in [5, 5.41) is 2.04. The van der Waals surface area contributed by atoms with Gasteiger partial charge in [0, 0.05) is 5.33 Å². The highest BCUT2D eigenvalue weighted by molar-refractivity contribution is 9.10. The Kier molecular flexibility index (Phi) is 4.29. The van der Waals surface area contributed by atoms with Gasteiger partial charge in [0.15, 0.2) is 0 Å². The van der Waals surface area contributed by atoms with Crippen LogP contribution >= 0.6 is 15.9 Å². The number of benzene rings is 1. The summed E-state index contributed by atoms with van der Waals surface area (Å²) in [6, 6.07) is 10.6. The minimum Gasteiger partial charge on any atom is -0.0879 e. The van der Waals surface area contributed by atoms with Gasteiger partial charge in [-0.05, 0) is 24.8 Å². The molecule has 1 radical (unpaired) electrons. The fourth-order valence-electron chi connectivity index (χ4n) is 1.03. The summed E-state index contributed by atoms with van der Waals surface area (Å²) in [7, 11) is 0. The van der Waals surface area contributed by atoms with Crippen LogP contribution in [0.25, 0.3) is 0 Å². The molecule has 0 aliphatic carbocycles. The van der Waals surface area contributed by atoms with E-state index in [-0.39, 0.29) is 0 Å². The van der Waals surface area contributed by atoms with Gasteiger partial charge in [-0.1, -0.05) is 46.3 Å². The molecule has 0 fully saturated rings. The Labute approximate surface area is 76.8 Å². The highest BCUT2D eigenvalue weighted by Gasteiger charge is 1.89. The van der Waals surface area contributed by atoms with Crippen molar-refractivity contribution in [2.75, 3.05) is 0 Å². The van der Waals surface area contributed by atoms with Gasteiger partial charge in [0.05, 0.1) is 0 Å². The van der Waals surface area contributed by atoms with Crippen molar-refractivity contribution < 1.29 is 0 Å². The molecule has 1 rings (SSSR count). The van der Waals surface area contributed by atoms with Gasteiger partial charge in [0.2, 0.25) is 0 Å². The number of rotatable bonds is 4. The largest absolute Gasteiger partial charge is 0.0879 e. The molecule has 0 nitrogen and oxygen atoms in total. The maximum atomic E-state index is 3.30. The first kappa shape index (κ1) is 8.79. The monoisotopic (exact) mass is 211 g/mol. The van der Waals surface area contributed by atoms with Crippen molar-refractivity contribution in [2.24, 2.45) is 0 Å². The number of unbranched alkanes of at least 4 members (excludes halogenated alkanes) is 1. The Morgan fingerprint density at radius 2 is 1.91 bits per heavy atom. The van der Waals surface area contributed by atoms with Crippen LogP contribution in [0.1, 0.15) is 18.4 Å². The number of halogens is 1. The quantitative estimate of drug-likeness (QED) is 0.669. The summed E-state index contributed by atoms with van der Waals surface area (Å²) in [5.41, 5.74) is 1.43. The van der Waals surface area contributed by atoms with Crippen molar-refractivity contribution in [2.45, 2.75) is 19.3 Å². The molecule has 0 aromatic heterocycles. The third kappa shape index (κ3) is 3.57. The smallest absolute Gasteiger partial charge is 0.0271 e. The molecule has 0 N–H and O–H groups in total. The van der Waals surface area contributed by atoms with E-state index in [2.05, 4.69) is 46.3 Å². The van der Waals surface area contributed by atoms with Gasteiger partial charge in [0.1, 0.15) is 0 Å². The molecular formula is C10H12Br. The van der Waals surface area contributed by atoms with E-state index in [1.165, 1.54) is 18.4 Å². The second-order valence-corrected chi connectivity index (χ2v) is 3.18. The Bertz CT molecular complexity index is 181. The summed E-state index contributed by atoms with van der Waals surface area (Å²) in [6.07, 6.45) is 3.56. The molecular weight excluding hydrogens is 200 g/mol. The van der Waals surface area contributed by atoms with Gasteiger partial charge in [0.25, 0.3) is 0 Å². The minimum atomic E-state index is 1.15. The van der Waals surface area contributed by atoms with Gasteiger partial charge in [-0.15, -0.1) is 0 Å². The second kappa shape index (κ2) is 5.36. The van der Waals surface area contributed by atoms with E-state index in [1.807, 2.05) is 5.33 Å². The Hall–Kier alpha value is -0.300. The first-order chi connectivity index (χ1) is 5.43. The maximum absolute atomic E-state index is 3.30. The number of hydrogen-bond acceptors (Lipinski definition) is 0. The van der Waals surface area contributed by atoms with E-state index < -0.39 is 0 Å². The molecule has 0 aliphatic rings. The Morgan fingerprint density at radius 1 is 1.18 bits per heavy atom. The van der Waals surface area contributed by atoms with Gasteiger partial charge < -0.3 is 0 Å². The van der Waals surface area contributed by atoms with Crippen molar-refractivity contribution in [3.05, 3.63) is 41.2 Å². The lowest BCUT2D eigenvalue weighted by Gasteiger charge is -1.97. The number of aryl methyl sites for hydroxylation is 1. The molecule has 0 saturated carbocycles. The van der Waals surface area contributed by atoms with Crippen molar-refractivity contribution >= 4 is 15.9 Å². The van der Waals surface area contributed by atoms with Gasteiger partial charge >= 0.3 is 0 Å². The van der Waals surface area contributed by atoms with Crippen LogP contribution < -0.4 is 0 Å². The van der Waals surface area contributed by atoms with Crippen LogP contribution in [0.2, 0.25) is 0 Å². The molecule has 0 amide bonds. The normalized spacial score (nSPS) is 9.91. The average molecular weight is 212 g/mol. The van der Waals surface area contributed by atoms with E-state index in [1.54, 1.807) is 0 Å². The molecule has 0 bridgehead atoms. The molecule has 59 valence electrons. The van der Waals surface area contributed by atoms with Gasteiger partial charge in [-0.3, -0.25) is 0 Å². The van der Waals surface area contributed by atoms with Crippen LogP contribution in [0.4, 0.5) is 0 Å². The first-order valence-corrected chi connectivity index (χ1v) is 4.81. The third-order valence-electron chi connectivity index (χ3n) is 1.62. The molecule has 0 atom stereocenters. The first-order valence-electron chi connectivity index (χ1n) is 3.89. The predicted octanol–water partition coefficient (Wildman–Crippen LogP) is 3.57. The van der Waals surface area contributed by atoms with E-state index >= 15 is 0 Å². The van der Waals surface area contributed by atoms with Crippen LogP contribution in [0, 0.1) is 5.33 Å². The van der Waals surface area contributed by atoms with Crippen LogP contribution in [0.5, 0.6) is 0 Å². The second-order valence-electron chi connectivity index (χ2n) is 2.53. The molecule has 1 aromatic rings. The molecule has 1 aromatic carbocycles. The zero-order valence-electron chi connectivity index (χ0n) is 6.46. The van der Waals surface area contributed by atoms with Crippen LogP contribution in [0.15, 0.2) is 30.3 Å². The highest BCUT2D eigenvalue weighted by Crippen LogP contribution is 2.07. The molecule has 0 spiro atoms. The minimum absolute atomic E-state index is 1.15. The van der Waals surface area contributed by atoms with E-state index in [9.17, 15) is 0 Å². The molecule has 0 unspecified atom stereocenters. The predicted molar refractivity (Wildman–Crippen MR) is 52.6 cm³/mol. The fraction of sp³-hybridized carbons (Fsp3) is 0.300. The SMILES string of the molecule is Br[CH]CCCc1ccccc1. The topological polar surface area (TPSA) is 0 Å². The van der Waals surface area contributed by atoms with E-state index in [0.29, 0.717) is 0 Å². The van der Waals surface area contributed by atoms with Crippen molar-refractivity contribution in [3.63, 3.8) is 0 Å². The average Bonchev–Trinajstić information content (AvgIpc) is 2.07. The Morgan fingerprint density at radius 3 is 2.55 bits per heavy atom. The zero-order chi connectivity index (χ0) is 7.94. The summed E-state index contributed by atoms with van der Waals surface area (Å²) >= 11 is 3.30. The number of hydrogen-bond donors (Lipinski definition) is 0. The Balaban J connectivity index is 2.28. The van der Waals surface area contributed by atoms with Crippen molar-refractivity contribution in [1.82, 2.24) is 0 Å². The summed E-state index contributed by atoms with van der Waals surface area (Å²) < 4.78 is 0. The van der Waals surface area contributed by atoms with Crippen molar-refractivity contribution in [3.8, 4) is 0 Å². The summed E-state index contributed by atoms with van der Waals surface area (Å²) in [6.45, 7) is 0. The molecule has 0 saturated heterocycles. The van der Waals surface area contributed by atoms with Crippen LogP contribution in [0.3, 0.4) is 0 Å². The molecule has 11 heavy (non-hydrogen) atoms. The lowest BCUT2D eigenvalue weighted by atomic mass is 10.1. The van der Waals surface area contributed by atoms with Gasteiger partial charge in [-0.25, -0.2) is 0 Å². The fourth-order valence-corrected chi connectivity index (χ4v) is 1.35. The van der Waals surface area contributed by atoms with Gasteiger partial charge in [-0.2, -0.15) is 0 Å². The molecule has 0 heterocycles. The standard InChI is InChI=1S/C10H12Br/c11-9-5-4-8-10-6-2-1-3-7-10/h1-3,6-7,9H,4-5,8H2.